The molecule has 0 saturated carbocycles. The van der Waals surface area contributed by atoms with Gasteiger partial charge in [-0.2, -0.15) is 0 Å². The molecule has 2 aromatic rings. The molecule has 0 aliphatic heterocycles. The van der Waals surface area contributed by atoms with Crippen molar-refractivity contribution < 1.29 is 9.47 Å². The van der Waals surface area contributed by atoms with Gasteiger partial charge in [-0.3, -0.25) is 14.3 Å². The van der Waals surface area contributed by atoms with Crippen molar-refractivity contribution in [2.75, 3.05) is 20.0 Å². The molecule has 0 fully saturated rings. The Balaban J connectivity index is 2.72. The highest BCUT2D eigenvalue weighted by molar-refractivity contribution is 7.71. The molecular formula is C12H13N3O3S. The number of aromatic amines is 1. The summed E-state index contributed by atoms with van der Waals surface area (Å²) in [6.07, 6.45) is 0. The Labute approximate surface area is 114 Å². The summed E-state index contributed by atoms with van der Waals surface area (Å²) in [4.78, 5) is 13.8. The molecule has 100 valence electrons. The van der Waals surface area contributed by atoms with Crippen molar-refractivity contribution in [3.8, 4) is 17.2 Å². The molecule has 1 aromatic carbocycles. The van der Waals surface area contributed by atoms with Gasteiger partial charge in [0.1, 0.15) is 17.3 Å². The van der Waals surface area contributed by atoms with Crippen molar-refractivity contribution in [2.24, 2.45) is 0 Å². The summed E-state index contributed by atoms with van der Waals surface area (Å²) in [5.41, 5.74) is 6.12. The minimum Gasteiger partial charge on any atom is -0.497 e. The van der Waals surface area contributed by atoms with Gasteiger partial charge in [0.25, 0.3) is 5.56 Å². The van der Waals surface area contributed by atoms with Crippen LogP contribution in [0.25, 0.3) is 5.69 Å². The SMILES string of the molecule is COc1ccc(-n2c(N)cc(=O)[nH]c2=S)c(OC)c1. The summed E-state index contributed by atoms with van der Waals surface area (Å²) < 4.78 is 12.1. The highest BCUT2D eigenvalue weighted by Gasteiger charge is 2.10. The van der Waals surface area contributed by atoms with E-state index in [1.54, 1.807) is 25.3 Å². The Kier molecular flexibility index (Phi) is 3.57. The van der Waals surface area contributed by atoms with Gasteiger partial charge >= 0.3 is 0 Å². The van der Waals surface area contributed by atoms with Crippen molar-refractivity contribution in [3.05, 3.63) is 39.4 Å². The van der Waals surface area contributed by atoms with Crippen LogP contribution in [-0.4, -0.2) is 23.8 Å². The van der Waals surface area contributed by atoms with Gasteiger partial charge in [-0.15, -0.1) is 0 Å². The lowest BCUT2D eigenvalue weighted by Crippen LogP contribution is -2.15. The lowest BCUT2D eigenvalue weighted by molar-refractivity contribution is 0.393. The highest BCUT2D eigenvalue weighted by atomic mass is 32.1. The topological polar surface area (TPSA) is 82.3 Å². The minimum atomic E-state index is -0.341. The molecule has 0 amide bonds. The summed E-state index contributed by atoms with van der Waals surface area (Å²) in [6, 6.07) is 6.48. The number of methoxy groups -OCH3 is 2. The average Bonchev–Trinajstić information content (AvgIpc) is 2.37. The zero-order valence-corrected chi connectivity index (χ0v) is 11.3. The molecule has 0 aliphatic carbocycles. The van der Waals surface area contributed by atoms with Crippen molar-refractivity contribution in [1.82, 2.24) is 9.55 Å². The standard InChI is InChI=1S/C12H13N3O3S/c1-17-7-3-4-8(9(5-7)18-2)15-10(13)6-11(16)14-12(15)19/h3-6H,13H2,1-2H3,(H,14,16,19). The Hall–Kier alpha value is -2.28. The molecular weight excluding hydrogens is 266 g/mol. The predicted molar refractivity (Wildman–Crippen MR) is 74.7 cm³/mol. The number of nitrogens with one attached hydrogen (secondary N) is 1. The Morgan fingerprint density at radius 2 is 2.00 bits per heavy atom. The molecule has 19 heavy (non-hydrogen) atoms. The number of nitrogen functional groups attached to an aromatic ring is 1. The molecule has 2 rings (SSSR count). The molecule has 7 heteroatoms. The molecule has 0 aliphatic rings. The van der Waals surface area contributed by atoms with Crippen molar-refractivity contribution in [2.45, 2.75) is 0 Å². The van der Waals surface area contributed by atoms with Crippen LogP contribution in [-0.2, 0) is 0 Å². The highest BCUT2D eigenvalue weighted by Crippen LogP contribution is 2.28. The van der Waals surface area contributed by atoms with Crippen LogP contribution in [0.2, 0.25) is 0 Å². The van der Waals surface area contributed by atoms with Crippen molar-refractivity contribution in [1.29, 1.82) is 0 Å². The first-order chi connectivity index (χ1) is 9.06. The van der Waals surface area contributed by atoms with Gasteiger partial charge in [0.15, 0.2) is 4.77 Å². The maximum absolute atomic E-state index is 11.3. The zero-order valence-electron chi connectivity index (χ0n) is 10.5. The molecule has 3 N–H and O–H groups in total. The van der Waals surface area contributed by atoms with E-state index in [2.05, 4.69) is 4.98 Å². The number of rotatable bonds is 3. The van der Waals surface area contributed by atoms with E-state index in [0.29, 0.717) is 17.2 Å². The Morgan fingerprint density at radius 3 is 2.58 bits per heavy atom. The summed E-state index contributed by atoms with van der Waals surface area (Å²) in [6.45, 7) is 0. The number of benzene rings is 1. The quantitative estimate of drug-likeness (QED) is 0.832. The number of nitrogens with two attached hydrogens (primary N) is 1. The molecule has 0 spiro atoms. The number of nitrogens with zero attached hydrogens (tertiary/aromatic N) is 1. The van der Waals surface area contributed by atoms with Crippen LogP contribution in [0.5, 0.6) is 11.5 Å². The molecule has 1 heterocycles. The van der Waals surface area contributed by atoms with Crippen molar-refractivity contribution in [3.63, 3.8) is 0 Å². The molecule has 0 saturated heterocycles. The van der Waals surface area contributed by atoms with E-state index in [0.717, 1.165) is 0 Å². The third-order valence-corrected chi connectivity index (χ3v) is 2.88. The van der Waals surface area contributed by atoms with E-state index in [-0.39, 0.29) is 16.1 Å². The summed E-state index contributed by atoms with van der Waals surface area (Å²) in [5.74, 6) is 1.42. The Morgan fingerprint density at radius 1 is 1.26 bits per heavy atom. The fourth-order valence-electron chi connectivity index (χ4n) is 1.73. The lowest BCUT2D eigenvalue weighted by atomic mass is 10.2. The van der Waals surface area contributed by atoms with Gasteiger partial charge in [0, 0.05) is 12.1 Å². The zero-order chi connectivity index (χ0) is 14.0. The second-order valence-corrected chi connectivity index (χ2v) is 4.12. The minimum absolute atomic E-state index is 0.202. The predicted octanol–water partition coefficient (Wildman–Crippen LogP) is 1.49. The molecule has 0 atom stereocenters. The van der Waals surface area contributed by atoms with Crippen LogP contribution in [0.3, 0.4) is 0 Å². The van der Waals surface area contributed by atoms with E-state index < -0.39 is 0 Å². The first-order valence-corrected chi connectivity index (χ1v) is 5.82. The van der Waals surface area contributed by atoms with E-state index in [1.165, 1.54) is 17.7 Å². The van der Waals surface area contributed by atoms with Gasteiger partial charge in [0.2, 0.25) is 0 Å². The van der Waals surface area contributed by atoms with Crippen LogP contribution in [0.15, 0.2) is 29.1 Å². The third-order valence-electron chi connectivity index (χ3n) is 2.60. The third kappa shape index (κ3) is 2.45. The molecule has 6 nitrogen and oxygen atoms in total. The molecule has 0 bridgehead atoms. The number of H-pyrrole nitrogens is 1. The number of hydrogen-bond donors (Lipinski definition) is 2. The van der Waals surface area contributed by atoms with E-state index in [1.807, 2.05) is 0 Å². The maximum Gasteiger partial charge on any atom is 0.253 e. The Bertz CT molecular complexity index is 721. The largest absolute Gasteiger partial charge is 0.497 e. The van der Waals surface area contributed by atoms with E-state index >= 15 is 0 Å². The van der Waals surface area contributed by atoms with Crippen LogP contribution in [0.1, 0.15) is 0 Å². The monoisotopic (exact) mass is 279 g/mol. The summed E-state index contributed by atoms with van der Waals surface area (Å²) in [7, 11) is 3.10. The van der Waals surface area contributed by atoms with Gasteiger partial charge in [-0.1, -0.05) is 0 Å². The maximum atomic E-state index is 11.3. The van der Waals surface area contributed by atoms with Crippen LogP contribution < -0.4 is 20.8 Å². The average molecular weight is 279 g/mol. The van der Waals surface area contributed by atoms with Gasteiger partial charge in [0.05, 0.1) is 19.9 Å². The van der Waals surface area contributed by atoms with Crippen LogP contribution in [0.4, 0.5) is 5.82 Å². The van der Waals surface area contributed by atoms with Crippen LogP contribution in [0, 0.1) is 4.77 Å². The van der Waals surface area contributed by atoms with E-state index in [9.17, 15) is 4.79 Å². The summed E-state index contributed by atoms with van der Waals surface area (Å²) in [5, 5.41) is 0. The first kappa shape index (κ1) is 13.2. The fraction of sp³-hybridized carbons (Fsp3) is 0.167. The number of aromatic nitrogens is 2. The lowest BCUT2D eigenvalue weighted by Gasteiger charge is -2.14. The molecule has 0 radical (unpaired) electrons. The first-order valence-electron chi connectivity index (χ1n) is 5.41. The smallest absolute Gasteiger partial charge is 0.253 e. The van der Waals surface area contributed by atoms with Crippen LogP contribution >= 0.6 is 12.2 Å². The summed E-state index contributed by atoms with van der Waals surface area (Å²) >= 11 is 5.12. The van der Waals surface area contributed by atoms with Gasteiger partial charge < -0.3 is 15.2 Å². The van der Waals surface area contributed by atoms with Crippen molar-refractivity contribution >= 4 is 18.0 Å². The molecule has 1 aromatic heterocycles. The second-order valence-electron chi connectivity index (χ2n) is 3.74. The van der Waals surface area contributed by atoms with E-state index in [4.69, 9.17) is 27.4 Å². The number of anilines is 1. The number of hydrogen-bond acceptors (Lipinski definition) is 5. The second kappa shape index (κ2) is 5.15. The van der Waals surface area contributed by atoms with Gasteiger partial charge in [-0.05, 0) is 24.4 Å². The molecule has 0 unspecified atom stereocenters. The fourth-order valence-corrected chi connectivity index (χ4v) is 2.04. The normalized spacial score (nSPS) is 10.2. The van der Waals surface area contributed by atoms with Gasteiger partial charge in [-0.25, -0.2) is 0 Å². The number of ether oxygens (including phenoxy) is 2.